The van der Waals surface area contributed by atoms with Gasteiger partial charge in [0.15, 0.2) is 0 Å². The van der Waals surface area contributed by atoms with Gasteiger partial charge in [-0.25, -0.2) is 4.98 Å². The number of carbonyl (C=O) groups is 2. The number of carbonyl (C=O) groups excluding carboxylic acids is 2. The van der Waals surface area contributed by atoms with Crippen LogP contribution in [0.15, 0.2) is 23.4 Å². The highest BCUT2D eigenvalue weighted by molar-refractivity contribution is 7.99. The van der Waals surface area contributed by atoms with Crippen LogP contribution in [-0.2, 0) is 4.79 Å². The molecule has 1 atom stereocenters. The number of likely N-dealkylation sites (tertiary alicyclic amines) is 1. The molecule has 1 saturated heterocycles. The molecule has 2 fully saturated rings. The fraction of sp³-hybridized carbons (Fsp3) is 0.650. The van der Waals surface area contributed by atoms with Gasteiger partial charge in [0.1, 0.15) is 5.03 Å². The molecular formula is C20H29N3O2S. The predicted molar refractivity (Wildman–Crippen MR) is 104 cm³/mol. The van der Waals surface area contributed by atoms with Gasteiger partial charge in [0.25, 0.3) is 5.91 Å². The van der Waals surface area contributed by atoms with Crippen molar-refractivity contribution in [1.29, 1.82) is 0 Å². The van der Waals surface area contributed by atoms with Gasteiger partial charge in [-0.2, -0.15) is 0 Å². The van der Waals surface area contributed by atoms with E-state index in [0.29, 0.717) is 23.9 Å². The quantitative estimate of drug-likeness (QED) is 0.827. The van der Waals surface area contributed by atoms with Gasteiger partial charge in [-0.3, -0.25) is 9.59 Å². The molecule has 1 aliphatic heterocycles. The molecule has 2 aliphatic rings. The minimum absolute atomic E-state index is 0.0200. The van der Waals surface area contributed by atoms with E-state index < -0.39 is 0 Å². The molecule has 5 nitrogen and oxygen atoms in total. The van der Waals surface area contributed by atoms with Gasteiger partial charge in [0.05, 0.1) is 11.5 Å². The monoisotopic (exact) mass is 375 g/mol. The fourth-order valence-electron chi connectivity index (χ4n) is 3.75. The van der Waals surface area contributed by atoms with E-state index in [1.165, 1.54) is 25.7 Å². The third kappa shape index (κ3) is 4.78. The number of aromatic nitrogens is 1. The average Bonchev–Trinajstić information content (AvgIpc) is 3.19. The van der Waals surface area contributed by atoms with Crippen LogP contribution < -0.4 is 5.32 Å². The van der Waals surface area contributed by atoms with Crippen LogP contribution in [0.5, 0.6) is 0 Å². The molecule has 0 bridgehead atoms. The number of hydrogen-bond acceptors (Lipinski definition) is 4. The Hall–Kier alpha value is -1.56. The normalized spacial score (nSPS) is 21.0. The molecule has 1 saturated carbocycles. The zero-order chi connectivity index (χ0) is 18.4. The zero-order valence-corrected chi connectivity index (χ0v) is 16.4. The Morgan fingerprint density at radius 3 is 2.85 bits per heavy atom. The molecule has 2 amide bonds. The van der Waals surface area contributed by atoms with Gasteiger partial charge in [-0.1, -0.05) is 19.8 Å². The van der Waals surface area contributed by atoms with Crippen molar-refractivity contribution in [3.8, 4) is 0 Å². The van der Waals surface area contributed by atoms with E-state index in [1.807, 2.05) is 24.0 Å². The molecule has 6 heteroatoms. The van der Waals surface area contributed by atoms with E-state index in [4.69, 9.17) is 0 Å². The maximum atomic E-state index is 13.1. The zero-order valence-electron chi connectivity index (χ0n) is 15.6. The van der Waals surface area contributed by atoms with Crippen molar-refractivity contribution >= 4 is 23.6 Å². The standard InChI is InChI=1S/C20H29N3O2S/c1-2-11-21-18(24)15-7-6-13-23(14-15)20(25)17-10-5-12-22-19(17)26-16-8-3-4-9-16/h5,10,12,15-16H,2-4,6-9,11,13-14H2,1H3,(H,21,24). The second kappa shape index (κ2) is 9.40. The number of nitrogens with one attached hydrogen (secondary N) is 1. The second-order valence-electron chi connectivity index (χ2n) is 7.26. The minimum Gasteiger partial charge on any atom is -0.356 e. The van der Waals surface area contributed by atoms with Crippen LogP contribution in [0.1, 0.15) is 62.2 Å². The van der Waals surface area contributed by atoms with E-state index in [9.17, 15) is 9.59 Å². The first-order valence-corrected chi connectivity index (χ1v) is 10.8. The highest BCUT2D eigenvalue weighted by Gasteiger charge is 2.30. The second-order valence-corrected chi connectivity index (χ2v) is 8.55. The van der Waals surface area contributed by atoms with Crippen LogP contribution in [0.2, 0.25) is 0 Å². The summed E-state index contributed by atoms with van der Waals surface area (Å²) in [5.41, 5.74) is 0.694. The maximum Gasteiger partial charge on any atom is 0.256 e. The molecule has 26 heavy (non-hydrogen) atoms. The molecule has 1 aromatic heterocycles. The van der Waals surface area contributed by atoms with Crippen molar-refractivity contribution in [3.05, 3.63) is 23.9 Å². The molecule has 1 aliphatic carbocycles. The van der Waals surface area contributed by atoms with E-state index in [0.717, 1.165) is 30.8 Å². The molecule has 1 N–H and O–H groups in total. The summed E-state index contributed by atoms with van der Waals surface area (Å²) in [7, 11) is 0. The van der Waals surface area contributed by atoms with Crippen LogP contribution in [0.4, 0.5) is 0 Å². The van der Waals surface area contributed by atoms with Crippen molar-refractivity contribution in [2.45, 2.75) is 62.1 Å². The lowest BCUT2D eigenvalue weighted by atomic mass is 9.96. The first kappa shape index (κ1) is 19.2. The van der Waals surface area contributed by atoms with Crippen molar-refractivity contribution < 1.29 is 9.59 Å². The Balaban J connectivity index is 1.67. The highest BCUT2D eigenvalue weighted by Crippen LogP contribution is 2.35. The number of thioether (sulfide) groups is 1. The summed E-state index contributed by atoms with van der Waals surface area (Å²) >= 11 is 1.75. The summed E-state index contributed by atoms with van der Waals surface area (Å²) in [5, 5.41) is 4.39. The van der Waals surface area contributed by atoms with Crippen molar-refractivity contribution in [2.75, 3.05) is 19.6 Å². The topological polar surface area (TPSA) is 62.3 Å². The minimum atomic E-state index is -0.0955. The van der Waals surface area contributed by atoms with Crippen LogP contribution in [0.3, 0.4) is 0 Å². The van der Waals surface area contributed by atoms with Crippen molar-refractivity contribution in [1.82, 2.24) is 15.2 Å². The fourth-order valence-corrected chi connectivity index (χ4v) is 5.04. The molecule has 142 valence electrons. The lowest BCUT2D eigenvalue weighted by molar-refractivity contribution is -0.126. The molecule has 0 spiro atoms. The van der Waals surface area contributed by atoms with Gasteiger partial charge in [-0.05, 0) is 44.2 Å². The number of pyridine rings is 1. The lowest BCUT2D eigenvalue weighted by Crippen LogP contribution is -2.45. The molecule has 1 aromatic rings. The SMILES string of the molecule is CCCNC(=O)C1CCCN(C(=O)c2cccnc2SC2CCCC2)C1. The number of piperidine rings is 1. The Bertz CT molecular complexity index is 631. The molecule has 0 radical (unpaired) electrons. The number of amides is 2. The Kier molecular flexibility index (Phi) is 6.94. The summed E-state index contributed by atoms with van der Waals surface area (Å²) < 4.78 is 0. The van der Waals surface area contributed by atoms with E-state index in [1.54, 1.807) is 18.0 Å². The molecule has 0 aromatic carbocycles. The van der Waals surface area contributed by atoms with Gasteiger partial charge < -0.3 is 10.2 Å². The van der Waals surface area contributed by atoms with Crippen molar-refractivity contribution in [2.24, 2.45) is 5.92 Å². The molecular weight excluding hydrogens is 346 g/mol. The van der Waals surface area contributed by atoms with E-state index >= 15 is 0 Å². The number of hydrogen-bond donors (Lipinski definition) is 1. The van der Waals surface area contributed by atoms with Gasteiger partial charge in [-0.15, -0.1) is 11.8 Å². The average molecular weight is 376 g/mol. The lowest BCUT2D eigenvalue weighted by Gasteiger charge is -2.32. The molecule has 2 heterocycles. The summed E-state index contributed by atoms with van der Waals surface area (Å²) in [6.45, 7) is 3.98. The third-order valence-electron chi connectivity index (χ3n) is 5.21. The number of rotatable bonds is 6. The largest absolute Gasteiger partial charge is 0.356 e. The third-order valence-corrected chi connectivity index (χ3v) is 6.56. The maximum absolute atomic E-state index is 13.1. The van der Waals surface area contributed by atoms with E-state index in [-0.39, 0.29) is 17.7 Å². The Morgan fingerprint density at radius 2 is 2.08 bits per heavy atom. The van der Waals surface area contributed by atoms with Crippen LogP contribution in [0.25, 0.3) is 0 Å². The Morgan fingerprint density at radius 1 is 1.27 bits per heavy atom. The first-order valence-electron chi connectivity index (χ1n) is 9.87. The Labute approximate surface area is 160 Å². The van der Waals surface area contributed by atoms with Crippen molar-refractivity contribution in [3.63, 3.8) is 0 Å². The summed E-state index contributed by atoms with van der Waals surface area (Å²) in [5.74, 6) is 0.00420. The molecule has 3 rings (SSSR count). The van der Waals surface area contributed by atoms with Crippen LogP contribution in [-0.4, -0.2) is 46.6 Å². The highest BCUT2D eigenvalue weighted by atomic mass is 32.2. The van der Waals surface area contributed by atoms with Gasteiger partial charge >= 0.3 is 0 Å². The van der Waals surface area contributed by atoms with E-state index in [2.05, 4.69) is 10.3 Å². The predicted octanol–water partition coefficient (Wildman–Crippen LogP) is 3.49. The summed E-state index contributed by atoms with van der Waals surface area (Å²) in [6, 6.07) is 3.72. The smallest absolute Gasteiger partial charge is 0.256 e. The molecule has 1 unspecified atom stereocenters. The summed E-state index contributed by atoms with van der Waals surface area (Å²) in [6.07, 6.45) is 9.39. The van der Waals surface area contributed by atoms with Gasteiger partial charge in [0, 0.05) is 31.1 Å². The first-order chi connectivity index (χ1) is 12.7. The van der Waals surface area contributed by atoms with Crippen LogP contribution in [0, 0.1) is 5.92 Å². The number of nitrogens with zero attached hydrogens (tertiary/aromatic N) is 2. The van der Waals surface area contributed by atoms with Crippen LogP contribution >= 0.6 is 11.8 Å². The van der Waals surface area contributed by atoms with Gasteiger partial charge in [0.2, 0.25) is 5.91 Å². The summed E-state index contributed by atoms with van der Waals surface area (Å²) in [4.78, 5) is 31.7.